The first-order valence-corrected chi connectivity index (χ1v) is 8.96. The van der Waals surface area contributed by atoms with E-state index in [9.17, 15) is 9.59 Å². The number of carbonyl (C=O) groups is 2. The SMILES string of the molecule is COCCNC(=O)c1nc(C(=O)Nc2cccc(OC)c2)n2c1CCCC2. The van der Waals surface area contributed by atoms with E-state index >= 15 is 0 Å². The summed E-state index contributed by atoms with van der Waals surface area (Å²) in [6.07, 6.45) is 2.65. The van der Waals surface area contributed by atoms with Gasteiger partial charge in [-0.05, 0) is 31.4 Å². The number of hydrogen-bond acceptors (Lipinski definition) is 5. The second kappa shape index (κ2) is 8.68. The molecule has 0 spiro atoms. The number of carbonyl (C=O) groups excluding carboxylic acids is 2. The number of imidazole rings is 1. The topological polar surface area (TPSA) is 94.5 Å². The molecule has 0 saturated carbocycles. The lowest BCUT2D eigenvalue weighted by Crippen LogP contribution is -2.28. The number of nitrogens with zero attached hydrogens (tertiary/aromatic N) is 2. The van der Waals surface area contributed by atoms with Gasteiger partial charge in [0.25, 0.3) is 11.8 Å². The second-order valence-corrected chi connectivity index (χ2v) is 6.27. The van der Waals surface area contributed by atoms with Gasteiger partial charge in [-0.1, -0.05) is 6.07 Å². The van der Waals surface area contributed by atoms with Crippen molar-refractivity contribution in [3.8, 4) is 5.75 Å². The van der Waals surface area contributed by atoms with Crippen LogP contribution in [0.5, 0.6) is 5.75 Å². The molecule has 1 aromatic heterocycles. The molecule has 2 amide bonds. The third kappa shape index (κ3) is 4.28. The van der Waals surface area contributed by atoms with Gasteiger partial charge >= 0.3 is 0 Å². The molecule has 0 unspecified atom stereocenters. The molecule has 0 saturated heterocycles. The Labute approximate surface area is 157 Å². The highest BCUT2D eigenvalue weighted by atomic mass is 16.5. The number of ether oxygens (including phenoxy) is 2. The molecule has 0 bridgehead atoms. The summed E-state index contributed by atoms with van der Waals surface area (Å²) in [5.41, 5.74) is 1.74. The normalized spacial score (nSPS) is 13.0. The summed E-state index contributed by atoms with van der Waals surface area (Å²) < 4.78 is 12.0. The maximum Gasteiger partial charge on any atom is 0.291 e. The van der Waals surface area contributed by atoms with Gasteiger partial charge < -0.3 is 24.7 Å². The summed E-state index contributed by atoms with van der Waals surface area (Å²) in [6.45, 7) is 1.49. The molecule has 1 aliphatic rings. The molecule has 8 nitrogen and oxygen atoms in total. The number of methoxy groups -OCH3 is 2. The monoisotopic (exact) mass is 372 g/mol. The van der Waals surface area contributed by atoms with Gasteiger partial charge in [-0.2, -0.15) is 0 Å². The van der Waals surface area contributed by atoms with Crippen LogP contribution in [0.2, 0.25) is 0 Å². The lowest BCUT2D eigenvalue weighted by atomic mass is 10.1. The minimum Gasteiger partial charge on any atom is -0.497 e. The first-order chi connectivity index (χ1) is 13.1. The van der Waals surface area contributed by atoms with Crippen molar-refractivity contribution in [3.05, 3.63) is 41.5 Å². The average Bonchev–Trinajstić information content (AvgIpc) is 3.08. The zero-order chi connectivity index (χ0) is 19.2. The molecule has 2 aromatic rings. The summed E-state index contributed by atoms with van der Waals surface area (Å²) in [7, 11) is 3.14. The molecule has 2 N–H and O–H groups in total. The van der Waals surface area contributed by atoms with Crippen LogP contribution in [0.3, 0.4) is 0 Å². The Morgan fingerprint density at radius 3 is 2.85 bits per heavy atom. The largest absolute Gasteiger partial charge is 0.497 e. The van der Waals surface area contributed by atoms with Crippen LogP contribution in [0.15, 0.2) is 24.3 Å². The third-order valence-corrected chi connectivity index (χ3v) is 4.46. The Kier molecular flexibility index (Phi) is 6.08. The number of rotatable bonds is 7. The van der Waals surface area contributed by atoms with E-state index in [1.54, 1.807) is 38.5 Å². The van der Waals surface area contributed by atoms with E-state index in [0.29, 0.717) is 36.8 Å². The molecule has 0 atom stereocenters. The highest BCUT2D eigenvalue weighted by molar-refractivity contribution is 6.03. The van der Waals surface area contributed by atoms with Crippen molar-refractivity contribution in [2.75, 3.05) is 32.7 Å². The summed E-state index contributed by atoms with van der Waals surface area (Å²) in [6, 6.07) is 7.11. The van der Waals surface area contributed by atoms with Crippen LogP contribution in [0.1, 0.15) is 39.6 Å². The molecule has 0 fully saturated rings. The smallest absolute Gasteiger partial charge is 0.291 e. The molecule has 3 rings (SSSR count). The van der Waals surface area contributed by atoms with Gasteiger partial charge in [-0.25, -0.2) is 4.98 Å². The summed E-state index contributed by atoms with van der Waals surface area (Å²) in [5, 5.41) is 5.61. The van der Waals surface area contributed by atoms with E-state index in [1.807, 2.05) is 4.57 Å². The third-order valence-electron chi connectivity index (χ3n) is 4.46. The minimum atomic E-state index is -0.345. The molecule has 27 heavy (non-hydrogen) atoms. The molecule has 8 heteroatoms. The van der Waals surface area contributed by atoms with E-state index in [0.717, 1.165) is 25.0 Å². The maximum absolute atomic E-state index is 12.8. The number of aromatic nitrogens is 2. The number of nitrogens with one attached hydrogen (secondary N) is 2. The molecule has 144 valence electrons. The Bertz CT molecular complexity index is 831. The molecule has 1 aliphatic heterocycles. The van der Waals surface area contributed by atoms with Gasteiger partial charge in [-0.3, -0.25) is 9.59 Å². The van der Waals surface area contributed by atoms with Gasteiger partial charge in [0.2, 0.25) is 0 Å². The summed E-state index contributed by atoms with van der Waals surface area (Å²) in [4.78, 5) is 29.6. The van der Waals surface area contributed by atoms with E-state index < -0.39 is 0 Å². The van der Waals surface area contributed by atoms with Crippen LogP contribution >= 0.6 is 0 Å². The molecular formula is C19H24N4O4. The van der Waals surface area contributed by atoms with Gasteiger partial charge in [0.05, 0.1) is 19.4 Å². The lowest BCUT2D eigenvalue weighted by molar-refractivity contribution is 0.0931. The van der Waals surface area contributed by atoms with Gasteiger partial charge in [0, 0.05) is 32.0 Å². The van der Waals surface area contributed by atoms with Crippen LogP contribution in [0, 0.1) is 0 Å². The van der Waals surface area contributed by atoms with Crippen molar-refractivity contribution in [1.82, 2.24) is 14.9 Å². The number of benzene rings is 1. The highest BCUT2D eigenvalue weighted by Gasteiger charge is 2.27. The van der Waals surface area contributed by atoms with Crippen LogP contribution < -0.4 is 15.4 Å². The van der Waals surface area contributed by atoms with Crippen molar-refractivity contribution < 1.29 is 19.1 Å². The Hall–Kier alpha value is -2.87. The predicted molar refractivity (Wildman–Crippen MR) is 100 cm³/mol. The average molecular weight is 372 g/mol. The van der Waals surface area contributed by atoms with E-state index in [2.05, 4.69) is 15.6 Å². The Morgan fingerprint density at radius 2 is 2.07 bits per heavy atom. The van der Waals surface area contributed by atoms with Crippen molar-refractivity contribution in [2.45, 2.75) is 25.8 Å². The quantitative estimate of drug-likeness (QED) is 0.724. The minimum absolute atomic E-state index is 0.254. The first kappa shape index (κ1) is 18.9. The second-order valence-electron chi connectivity index (χ2n) is 6.27. The number of amides is 2. The fourth-order valence-corrected chi connectivity index (χ4v) is 3.14. The Morgan fingerprint density at radius 1 is 1.22 bits per heavy atom. The van der Waals surface area contributed by atoms with E-state index in [-0.39, 0.29) is 17.6 Å². The first-order valence-electron chi connectivity index (χ1n) is 8.96. The van der Waals surface area contributed by atoms with Crippen molar-refractivity contribution in [1.29, 1.82) is 0 Å². The standard InChI is InChI=1S/C19H24N4O4/c1-26-11-9-20-18(24)16-15-8-3-4-10-23(15)17(22-16)19(25)21-13-6-5-7-14(12-13)27-2/h5-7,12H,3-4,8-11H2,1-2H3,(H,20,24)(H,21,25). The van der Waals surface area contributed by atoms with Crippen LogP contribution in [-0.4, -0.2) is 48.7 Å². The molecule has 0 aliphatic carbocycles. The van der Waals surface area contributed by atoms with Crippen molar-refractivity contribution in [2.24, 2.45) is 0 Å². The van der Waals surface area contributed by atoms with Crippen molar-refractivity contribution >= 4 is 17.5 Å². The van der Waals surface area contributed by atoms with Gasteiger partial charge in [0.15, 0.2) is 5.82 Å². The molecular weight excluding hydrogens is 348 g/mol. The number of anilines is 1. The maximum atomic E-state index is 12.8. The molecule has 1 aromatic carbocycles. The van der Waals surface area contributed by atoms with Crippen molar-refractivity contribution in [3.63, 3.8) is 0 Å². The zero-order valence-corrected chi connectivity index (χ0v) is 15.6. The number of hydrogen-bond donors (Lipinski definition) is 2. The molecule has 2 heterocycles. The molecule has 0 radical (unpaired) electrons. The van der Waals surface area contributed by atoms with Crippen LogP contribution in [-0.2, 0) is 17.7 Å². The van der Waals surface area contributed by atoms with Gasteiger partial charge in [-0.15, -0.1) is 0 Å². The van der Waals surface area contributed by atoms with Gasteiger partial charge in [0.1, 0.15) is 11.4 Å². The highest BCUT2D eigenvalue weighted by Crippen LogP contribution is 2.23. The van der Waals surface area contributed by atoms with Crippen LogP contribution in [0.4, 0.5) is 5.69 Å². The zero-order valence-electron chi connectivity index (χ0n) is 15.6. The van der Waals surface area contributed by atoms with Crippen LogP contribution in [0.25, 0.3) is 0 Å². The Balaban J connectivity index is 1.84. The predicted octanol–water partition coefficient (Wildman–Crippen LogP) is 1.86. The fraction of sp³-hybridized carbons (Fsp3) is 0.421. The van der Waals surface area contributed by atoms with E-state index in [1.165, 1.54) is 0 Å². The lowest BCUT2D eigenvalue weighted by Gasteiger charge is -2.17. The number of fused-ring (bicyclic) bond motifs is 1. The van der Waals surface area contributed by atoms with E-state index in [4.69, 9.17) is 9.47 Å². The summed E-state index contributed by atoms with van der Waals surface area (Å²) >= 11 is 0. The summed E-state index contributed by atoms with van der Waals surface area (Å²) in [5.74, 6) is 0.279. The fourth-order valence-electron chi connectivity index (χ4n) is 3.14.